The van der Waals surface area contributed by atoms with Gasteiger partial charge in [0.05, 0.1) is 31.0 Å². The number of nitrogens with one attached hydrogen (secondary N) is 4. The summed E-state index contributed by atoms with van der Waals surface area (Å²) in [6.45, 7) is 3.50. The van der Waals surface area contributed by atoms with Crippen LogP contribution >= 0.6 is 23.1 Å². The van der Waals surface area contributed by atoms with Crippen molar-refractivity contribution in [2.24, 2.45) is 39.9 Å². The number of rotatable bonds is 15. The second-order valence-electron chi connectivity index (χ2n) is 17.2. The smallest absolute Gasteiger partial charge is 0.243 e. The molecule has 2 saturated heterocycles. The fraction of sp³-hybridized carbons (Fsp3) is 0.578. The molecule has 0 radical (unpaired) electrons. The van der Waals surface area contributed by atoms with Crippen LogP contribution in [0.15, 0.2) is 46.8 Å². The summed E-state index contributed by atoms with van der Waals surface area (Å²) in [6.07, 6.45) is 1.16. The third-order valence-corrected chi connectivity index (χ3v) is 13.6. The van der Waals surface area contributed by atoms with E-state index in [1.807, 2.05) is 5.38 Å². The summed E-state index contributed by atoms with van der Waals surface area (Å²) in [4.78, 5) is 117. The number of carbonyl (C=O) groups is 8. The second kappa shape index (κ2) is 26.6. The largest absolute Gasteiger partial charge is 0.508 e. The number of amides is 6. The number of aromatic hydroxyl groups is 1. The van der Waals surface area contributed by atoms with Gasteiger partial charge in [0, 0.05) is 55.3 Å². The highest BCUT2D eigenvalue weighted by atomic mass is 32.2. The van der Waals surface area contributed by atoms with Crippen LogP contribution in [0.25, 0.3) is 0 Å². The molecule has 19 nitrogen and oxygen atoms in total. The first-order valence-corrected chi connectivity index (χ1v) is 24.4. The van der Waals surface area contributed by atoms with Crippen LogP contribution < -0.4 is 38.5 Å². The molecule has 21 heteroatoms. The molecule has 0 bridgehead atoms. The van der Waals surface area contributed by atoms with E-state index in [0.29, 0.717) is 50.0 Å². The predicted octanol–water partition coefficient (Wildman–Crippen LogP) is 0.424. The van der Waals surface area contributed by atoms with E-state index in [9.17, 15) is 48.6 Å². The molecule has 2 fully saturated rings. The molecular weight excluding hydrogens is 891 g/mol. The topological polar surface area (TPSA) is 319 Å². The molecule has 2 aliphatic heterocycles. The minimum atomic E-state index is -1.47. The number of nitrogens with zero attached hydrogens (tertiary/aromatic N) is 2. The molecule has 2 aromatic rings. The number of thiophene rings is 1. The number of aliphatic hydroxyl groups is 1. The van der Waals surface area contributed by atoms with Gasteiger partial charge in [-0.15, -0.1) is 11.3 Å². The minimum absolute atomic E-state index is 0.0316. The summed E-state index contributed by atoms with van der Waals surface area (Å²) in [5.41, 5.74) is 17.1. The Balaban J connectivity index is 1.63. The fourth-order valence-electron chi connectivity index (χ4n) is 7.97. The first-order chi connectivity index (χ1) is 31.4. The van der Waals surface area contributed by atoms with Crippen molar-refractivity contribution in [2.75, 3.05) is 31.2 Å². The van der Waals surface area contributed by atoms with Crippen molar-refractivity contribution < 1.29 is 48.6 Å². The van der Waals surface area contributed by atoms with Gasteiger partial charge in [0.15, 0.2) is 11.7 Å². The summed E-state index contributed by atoms with van der Waals surface area (Å²) in [5, 5.41) is 32.7. The Labute approximate surface area is 393 Å². The van der Waals surface area contributed by atoms with Crippen LogP contribution in [0.2, 0.25) is 0 Å². The maximum Gasteiger partial charge on any atom is 0.243 e. The number of benzene rings is 1. The van der Waals surface area contributed by atoms with Crippen molar-refractivity contribution in [1.82, 2.24) is 26.2 Å². The Morgan fingerprint density at radius 3 is 2.30 bits per heavy atom. The Morgan fingerprint density at radius 2 is 1.65 bits per heavy atom. The van der Waals surface area contributed by atoms with Crippen LogP contribution in [0.5, 0.6) is 5.75 Å². The van der Waals surface area contributed by atoms with E-state index < -0.39 is 102 Å². The number of hydrogen-bond donors (Lipinski definition) is 9. The SMILES string of the molecule is CC(C)[C@@H]1NC(=O)[C@H](Cc2cccs2)NC(=O)[C@H](Cc2ccc(O)cc2)CC(=O)CCCSC[C@@H](C(=O)N2CCC[C@H]2C(=O)N[C@@H](CO)CCCN=C(N)N)CC(=O)[C@H](CC(N)=O)NC1=O. The van der Waals surface area contributed by atoms with Crippen molar-refractivity contribution in [2.45, 2.75) is 115 Å². The normalized spacial score (nSPS) is 23.6. The zero-order valence-corrected chi connectivity index (χ0v) is 39.2. The molecule has 0 unspecified atom stereocenters. The Morgan fingerprint density at radius 1 is 0.924 bits per heavy atom. The van der Waals surface area contributed by atoms with Gasteiger partial charge in [-0.3, -0.25) is 43.3 Å². The van der Waals surface area contributed by atoms with E-state index in [4.69, 9.17) is 17.2 Å². The van der Waals surface area contributed by atoms with Crippen LogP contribution in [0.3, 0.4) is 0 Å². The van der Waals surface area contributed by atoms with E-state index in [2.05, 4.69) is 26.3 Å². The van der Waals surface area contributed by atoms with E-state index in [1.54, 1.807) is 38.1 Å². The quantitative estimate of drug-likeness (QED) is 0.0665. The number of primary amides is 1. The number of hydrogen-bond acceptors (Lipinski definition) is 13. The van der Waals surface area contributed by atoms with Gasteiger partial charge in [0.2, 0.25) is 35.4 Å². The molecule has 1 aromatic carbocycles. The molecule has 3 heterocycles. The number of likely N-dealkylation sites (tertiary alicyclic amines) is 1. The van der Waals surface area contributed by atoms with Gasteiger partial charge >= 0.3 is 0 Å². The number of Topliss-reactive ketones (excluding diaryl/α,β-unsaturated/α-hetero) is 2. The van der Waals surface area contributed by atoms with E-state index in [1.165, 1.54) is 40.1 Å². The molecule has 362 valence electrons. The van der Waals surface area contributed by atoms with Gasteiger partial charge in [-0.25, -0.2) is 0 Å². The van der Waals surface area contributed by atoms with Crippen molar-refractivity contribution in [3.63, 3.8) is 0 Å². The monoisotopic (exact) mass is 955 g/mol. The lowest BCUT2D eigenvalue weighted by atomic mass is 9.91. The summed E-state index contributed by atoms with van der Waals surface area (Å²) in [6, 6.07) is 4.43. The Kier molecular flexibility index (Phi) is 21.4. The van der Waals surface area contributed by atoms with Crippen molar-refractivity contribution in [3.05, 3.63) is 52.2 Å². The molecule has 7 atom stereocenters. The number of carbonyl (C=O) groups excluding carboxylic acids is 8. The van der Waals surface area contributed by atoms with Gasteiger partial charge in [-0.1, -0.05) is 32.0 Å². The van der Waals surface area contributed by atoms with Crippen LogP contribution in [0, 0.1) is 17.8 Å². The number of aliphatic hydroxyl groups excluding tert-OH is 1. The van der Waals surface area contributed by atoms with Gasteiger partial charge < -0.3 is 53.6 Å². The second-order valence-corrected chi connectivity index (χ2v) is 19.4. The molecule has 1 aromatic heterocycles. The fourth-order valence-corrected chi connectivity index (χ4v) is 9.78. The zero-order chi connectivity index (χ0) is 48.3. The number of nitrogens with two attached hydrogens (primary N) is 3. The summed E-state index contributed by atoms with van der Waals surface area (Å²) >= 11 is 2.69. The average Bonchev–Trinajstić information content (AvgIpc) is 3.98. The predicted molar refractivity (Wildman–Crippen MR) is 251 cm³/mol. The van der Waals surface area contributed by atoms with Crippen LogP contribution in [0.4, 0.5) is 0 Å². The molecular formula is C45H65N9O10S2. The lowest BCUT2D eigenvalue weighted by molar-refractivity contribution is -0.143. The van der Waals surface area contributed by atoms with E-state index in [0.717, 1.165) is 4.88 Å². The summed E-state index contributed by atoms with van der Waals surface area (Å²) in [7, 11) is 0. The molecule has 0 aliphatic carbocycles. The van der Waals surface area contributed by atoms with Gasteiger partial charge in [0.25, 0.3) is 0 Å². The van der Waals surface area contributed by atoms with Gasteiger partial charge in [-0.2, -0.15) is 11.8 Å². The zero-order valence-electron chi connectivity index (χ0n) is 37.6. The molecule has 0 saturated carbocycles. The molecule has 66 heavy (non-hydrogen) atoms. The highest BCUT2D eigenvalue weighted by molar-refractivity contribution is 7.99. The van der Waals surface area contributed by atoms with E-state index >= 15 is 0 Å². The van der Waals surface area contributed by atoms with Crippen LogP contribution in [-0.4, -0.2) is 129 Å². The first kappa shape index (κ1) is 53.1. The third-order valence-electron chi connectivity index (χ3n) is 11.5. The maximum absolute atomic E-state index is 14.4. The van der Waals surface area contributed by atoms with Crippen LogP contribution in [-0.2, 0) is 51.2 Å². The highest BCUT2D eigenvalue weighted by Crippen LogP contribution is 2.26. The van der Waals surface area contributed by atoms with Crippen molar-refractivity contribution in [1.29, 1.82) is 0 Å². The molecule has 0 spiro atoms. The number of phenolic OH excluding ortho intramolecular Hbond substituents is 1. The highest BCUT2D eigenvalue weighted by Gasteiger charge is 2.40. The molecule has 2 aliphatic rings. The maximum atomic E-state index is 14.4. The van der Waals surface area contributed by atoms with Crippen molar-refractivity contribution in [3.8, 4) is 5.75 Å². The first-order valence-electron chi connectivity index (χ1n) is 22.3. The molecule has 12 N–H and O–H groups in total. The number of aliphatic imine (C=N–C) groups is 1. The van der Waals surface area contributed by atoms with Gasteiger partial charge in [-0.05, 0) is 79.3 Å². The number of ketones is 2. The number of thioether (sulfide) groups is 1. The number of phenols is 1. The number of guanidine groups is 1. The summed E-state index contributed by atoms with van der Waals surface area (Å²) in [5.74, 6) is -6.81. The van der Waals surface area contributed by atoms with Gasteiger partial charge in [0.1, 0.15) is 29.7 Å². The lowest BCUT2D eigenvalue weighted by Crippen LogP contribution is -2.58. The summed E-state index contributed by atoms with van der Waals surface area (Å²) < 4.78 is 0. The van der Waals surface area contributed by atoms with E-state index in [-0.39, 0.29) is 62.1 Å². The average molecular weight is 956 g/mol. The molecule has 4 rings (SSSR count). The Hall–Kier alpha value is -5.54. The standard InChI is InChI=1S/C45H65N9O10S2/c1-26(2)39-43(63)51-34(23-38(46)59)37(58)21-29(44(64)54-16-4-10-36(54)42(62)50-30(24-55)7-3-15-49-45(47)48)25-65-17-5-8-32(57)20-28(19-27-11-13-31(56)14-12-27)40(60)52-35(41(61)53-39)22-33-9-6-18-66-33/h6,9,11-14,18,26,28-30,34-36,39,55-56H,3-5,7-8,10,15-17,19-25H2,1-2H3,(H2,46,59)(H,50,62)(H,51,63)(H,52,60)(H,53,61)(H4,47,48,49)/t28-,29+,30-,34+,35+,36+,39+/m1/s1. The molecule has 6 amide bonds. The minimum Gasteiger partial charge on any atom is -0.508 e. The lowest BCUT2D eigenvalue weighted by Gasteiger charge is -2.30. The third kappa shape index (κ3) is 17.0. The van der Waals surface area contributed by atoms with Crippen LogP contribution in [0.1, 0.15) is 82.1 Å². The van der Waals surface area contributed by atoms with Crippen molar-refractivity contribution >= 4 is 76.1 Å². The Bertz CT molecular complexity index is 2010.